The van der Waals surface area contributed by atoms with Crippen LogP contribution in [0.4, 0.5) is 0 Å². The molecule has 9 heteroatoms. The van der Waals surface area contributed by atoms with Crippen LogP contribution in [-0.2, 0) is 10.0 Å². The number of carboxylic acid groups (broad SMARTS) is 1. The van der Waals surface area contributed by atoms with Crippen molar-refractivity contribution in [3.05, 3.63) is 11.4 Å². The van der Waals surface area contributed by atoms with Gasteiger partial charge in [0, 0.05) is 12.6 Å². The Balaban J connectivity index is 2.97. The third-order valence-electron chi connectivity index (χ3n) is 3.15. The van der Waals surface area contributed by atoms with E-state index in [4.69, 9.17) is 5.11 Å². The third-order valence-corrected chi connectivity index (χ3v) is 4.89. The number of aromatic amines is 1. The number of H-pyrrole nitrogens is 1. The van der Waals surface area contributed by atoms with E-state index in [2.05, 4.69) is 19.8 Å². The standard InChI is InChI=1S/C12H22N4O4S/c1-5-16(6-2)7-8(3)15-21(19,20)11-9(4)13-14-10(11)12(17)18/h8,15H,5-7H2,1-4H3,(H,13,14)(H,17,18). The molecule has 21 heavy (non-hydrogen) atoms. The Labute approximate surface area is 124 Å². The van der Waals surface area contributed by atoms with E-state index in [0.29, 0.717) is 6.54 Å². The van der Waals surface area contributed by atoms with Gasteiger partial charge in [0.15, 0.2) is 5.69 Å². The molecule has 0 aromatic carbocycles. The molecule has 1 aromatic heterocycles. The summed E-state index contributed by atoms with van der Waals surface area (Å²) in [7, 11) is -3.94. The highest BCUT2D eigenvalue weighted by Gasteiger charge is 2.29. The number of carboxylic acids is 1. The number of aryl methyl sites for hydroxylation is 1. The maximum Gasteiger partial charge on any atom is 0.357 e. The number of hydrogen-bond acceptors (Lipinski definition) is 5. The van der Waals surface area contributed by atoms with Gasteiger partial charge in [0.05, 0.1) is 5.69 Å². The van der Waals surface area contributed by atoms with Gasteiger partial charge in [0.25, 0.3) is 0 Å². The number of hydrogen-bond donors (Lipinski definition) is 3. The normalized spacial score (nSPS) is 13.6. The van der Waals surface area contributed by atoms with Gasteiger partial charge in [0.2, 0.25) is 10.0 Å². The van der Waals surface area contributed by atoms with E-state index >= 15 is 0 Å². The number of aromatic carboxylic acids is 1. The summed E-state index contributed by atoms with van der Waals surface area (Å²) >= 11 is 0. The largest absolute Gasteiger partial charge is 0.476 e. The topological polar surface area (TPSA) is 115 Å². The second-order valence-electron chi connectivity index (χ2n) is 4.84. The third kappa shape index (κ3) is 4.26. The summed E-state index contributed by atoms with van der Waals surface area (Å²) in [4.78, 5) is 12.8. The molecule has 120 valence electrons. The van der Waals surface area contributed by atoms with E-state index in [1.165, 1.54) is 6.92 Å². The summed E-state index contributed by atoms with van der Waals surface area (Å²) in [6, 6.07) is -0.342. The van der Waals surface area contributed by atoms with Crippen LogP contribution >= 0.6 is 0 Å². The van der Waals surface area contributed by atoms with Gasteiger partial charge in [-0.15, -0.1) is 0 Å². The zero-order chi connectivity index (χ0) is 16.2. The molecule has 0 fully saturated rings. The Morgan fingerprint density at radius 2 is 2.00 bits per heavy atom. The molecule has 0 saturated carbocycles. The van der Waals surface area contributed by atoms with Crippen molar-refractivity contribution in [1.82, 2.24) is 19.8 Å². The molecule has 0 aliphatic heterocycles. The summed E-state index contributed by atoms with van der Waals surface area (Å²) in [5, 5.41) is 14.9. The predicted molar refractivity (Wildman–Crippen MR) is 77.9 cm³/mol. The van der Waals surface area contributed by atoms with Crippen LogP contribution in [0.2, 0.25) is 0 Å². The van der Waals surface area contributed by atoms with Gasteiger partial charge in [-0.25, -0.2) is 17.9 Å². The molecule has 0 spiro atoms. The van der Waals surface area contributed by atoms with Gasteiger partial charge in [-0.1, -0.05) is 13.8 Å². The van der Waals surface area contributed by atoms with E-state index in [-0.39, 0.29) is 16.6 Å². The first-order valence-electron chi connectivity index (χ1n) is 6.75. The van der Waals surface area contributed by atoms with Gasteiger partial charge in [-0.2, -0.15) is 5.10 Å². The fourth-order valence-electron chi connectivity index (χ4n) is 2.12. The minimum Gasteiger partial charge on any atom is -0.476 e. The molecular formula is C12H22N4O4S. The molecule has 1 aromatic rings. The van der Waals surface area contributed by atoms with E-state index in [0.717, 1.165) is 13.1 Å². The highest BCUT2D eigenvalue weighted by molar-refractivity contribution is 7.89. The van der Waals surface area contributed by atoms with E-state index in [1.807, 2.05) is 13.8 Å². The molecule has 1 atom stereocenters. The van der Waals surface area contributed by atoms with Crippen LogP contribution in [0.5, 0.6) is 0 Å². The molecular weight excluding hydrogens is 296 g/mol. The Bertz CT molecular complexity index is 592. The number of likely N-dealkylation sites (N-methyl/N-ethyl adjacent to an activating group) is 1. The first kappa shape index (κ1) is 17.6. The maximum atomic E-state index is 12.4. The Hall–Kier alpha value is -1.45. The first-order chi connectivity index (χ1) is 9.72. The number of nitrogens with one attached hydrogen (secondary N) is 2. The fraction of sp³-hybridized carbons (Fsp3) is 0.667. The summed E-state index contributed by atoms with van der Waals surface area (Å²) in [5.41, 5.74) is -0.287. The zero-order valence-electron chi connectivity index (χ0n) is 12.7. The smallest absolute Gasteiger partial charge is 0.357 e. The Morgan fingerprint density at radius 1 is 1.43 bits per heavy atom. The monoisotopic (exact) mass is 318 g/mol. The summed E-state index contributed by atoms with van der Waals surface area (Å²) < 4.78 is 27.2. The lowest BCUT2D eigenvalue weighted by atomic mass is 10.3. The fourth-order valence-corrected chi connectivity index (χ4v) is 3.68. The molecule has 0 amide bonds. The lowest BCUT2D eigenvalue weighted by Crippen LogP contribution is -2.42. The molecule has 3 N–H and O–H groups in total. The predicted octanol–water partition coefficient (Wildman–Crippen LogP) is 0.425. The zero-order valence-corrected chi connectivity index (χ0v) is 13.5. The van der Waals surface area contributed by atoms with Crippen molar-refractivity contribution in [3.63, 3.8) is 0 Å². The number of carbonyl (C=O) groups is 1. The van der Waals surface area contributed by atoms with Crippen molar-refractivity contribution in [2.24, 2.45) is 0 Å². The molecule has 0 bridgehead atoms. The first-order valence-corrected chi connectivity index (χ1v) is 8.24. The minimum atomic E-state index is -3.94. The van der Waals surface area contributed by atoms with Crippen LogP contribution in [0.3, 0.4) is 0 Å². The van der Waals surface area contributed by atoms with Gasteiger partial charge in [0.1, 0.15) is 4.90 Å². The average Bonchev–Trinajstić information content (AvgIpc) is 2.78. The summed E-state index contributed by atoms with van der Waals surface area (Å²) in [6.07, 6.45) is 0. The summed E-state index contributed by atoms with van der Waals surface area (Å²) in [5.74, 6) is -1.38. The Morgan fingerprint density at radius 3 is 2.48 bits per heavy atom. The highest BCUT2D eigenvalue weighted by atomic mass is 32.2. The lowest BCUT2D eigenvalue weighted by Gasteiger charge is -2.23. The van der Waals surface area contributed by atoms with Crippen LogP contribution in [0.1, 0.15) is 37.0 Å². The number of sulfonamides is 1. The van der Waals surface area contributed by atoms with E-state index in [1.54, 1.807) is 6.92 Å². The van der Waals surface area contributed by atoms with Gasteiger partial charge < -0.3 is 10.0 Å². The molecule has 1 unspecified atom stereocenters. The number of rotatable bonds is 8. The summed E-state index contributed by atoms with van der Waals surface area (Å²) in [6.45, 7) is 9.38. The molecule has 1 heterocycles. The van der Waals surface area contributed by atoms with Crippen molar-refractivity contribution < 1.29 is 18.3 Å². The lowest BCUT2D eigenvalue weighted by molar-refractivity contribution is 0.0686. The second-order valence-corrected chi connectivity index (χ2v) is 6.49. The second kappa shape index (κ2) is 7.01. The van der Waals surface area contributed by atoms with Crippen molar-refractivity contribution in [2.45, 2.75) is 38.6 Å². The van der Waals surface area contributed by atoms with E-state index < -0.39 is 21.7 Å². The van der Waals surface area contributed by atoms with Gasteiger partial charge in [-0.3, -0.25) is 5.10 Å². The molecule has 0 aliphatic rings. The molecule has 0 radical (unpaired) electrons. The van der Waals surface area contributed by atoms with Crippen LogP contribution < -0.4 is 4.72 Å². The number of nitrogens with zero attached hydrogens (tertiary/aromatic N) is 2. The molecule has 0 aliphatic carbocycles. The van der Waals surface area contributed by atoms with Gasteiger partial charge in [-0.05, 0) is 26.9 Å². The van der Waals surface area contributed by atoms with Crippen molar-refractivity contribution in [3.8, 4) is 0 Å². The van der Waals surface area contributed by atoms with Crippen LogP contribution in [0.15, 0.2) is 4.90 Å². The average molecular weight is 318 g/mol. The SMILES string of the molecule is CCN(CC)CC(C)NS(=O)(=O)c1c(C(=O)O)n[nH]c1C. The highest BCUT2D eigenvalue weighted by Crippen LogP contribution is 2.17. The van der Waals surface area contributed by atoms with Crippen LogP contribution in [0.25, 0.3) is 0 Å². The number of aromatic nitrogens is 2. The van der Waals surface area contributed by atoms with Gasteiger partial charge >= 0.3 is 5.97 Å². The van der Waals surface area contributed by atoms with Crippen LogP contribution in [0, 0.1) is 6.92 Å². The van der Waals surface area contributed by atoms with Crippen LogP contribution in [-0.4, -0.2) is 60.3 Å². The quantitative estimate of drug-likeness (QED) is 0.640. The molecule has 8 nitrogen and oxygen atoms in total. The van der Waals surface area contributed by atoms with Crippen molar-refractivity contribution in [2.75, 3.05) is 19.6 Å². The minimum absolute atomic E-state index is 0.204. The molecule has 0 saturated heterocycles. The Kier molecular flexibility index (Phi) is 5.87. The molecule has 1 rings (SSSR count). The maximum absolute atomic E-state index is 12.4. The van der Waals surface area contributed by atoms with Crippen molar-refractivity contribution >= 4 is 16.0 Å². The van der Waals surface area contributed by atoms with E-state index in [9.17, 15) is 13.2 Å². The van der Waals surface area contributed by atoms with Crippen molar-refractivity contribution in [1.29, 1.82) is 0 Å².